The molecule has 2 aliphatic heterocycles. The maximum Gasteiger partial charge on any atom is 0.322 e. The fraction of sp³-hybridized carbons (Fsp3) is 0.769. The molecule has 112 valence electrons. The Kier molecular flexibility index (Phi) is 3.99. The third kappa shape index (κ3) is 2.49. The van der Waals surface area contributed by atoms with Crippen LogP contribution in [0.15, 0.2) is 0 Å². The number of likely N-dealkylation sites (tertiary alicyclic amines) is 1. The number of imide groups is 1. The minimum absolute atomic E-state index is 0.0902. The molecule has 2 saturated heterocycles. The summed E-state index contributed by atoms with van der Waals surface area (Å²) in [5, 5.41) is 4.89. The van der Waals surface area contributed by atoms with Gasteiger partial charge in [-0.3, -0.25) is 14.9 Å². The lowest BCUT2D eigenvalue weighted by atomic mass is 9.88. The lowest BCUT2D eigenvalue weighted by molar-refractivity contribution is -0.138. The molecule has 0 radical (unpaired) electrons. The molecule has 0 aliphatic carbocycles. The molecular formula is C13H22N4O3. The van der Waals surface area contributed by atoms with Gasteiger partial charge in [0.15, 0.2) is 0 Å². The van der Waals surface area contributed by atoms with Crippen LogP contribution in [0.4, 0.5) is 4.79 Å². The molecule has 2 rings (SSSR count). The molecule has 0 aromatic rings. The molecule has 0 aromatic heterocycles. The summed E-state index contributed by atoms with van der Waals surface area (Å²) in [6, 6.07) is -1.05. The van der Waals surface area contributed by atoms with E-state index in [1.165, 1.54) is 0 Å². The minimum Gasteiger partial charge on any atom is -0.338 e. The highest BCUT2D eigenvalue weighted by molar-refractivity contribution is 6.07. The summed E-state index contributed by atoms with van der Waals surface area (Å²) in [6.07, 6.45) is 2.04. The Morgan fingerprint density at radius 2 is 2.20 bits per heavy atom. The van der Waals surface area contributed by atoms with Gasteiger partial charge in [0, 0.05) is 6.54 Å². The normalized spacial score (nSPS) is 29.1. The fourth-order valence-electron chi connectivity index (χ4n) is 2.77. The van der Waals surface area contributed by atoms with Gasteiger partial charge in [-0.15, -0.1) is 0 Å². The van der Waals surface area contributed by atoms with Gasteiger partial charge in [0.05, 0.1) is 12.6 Å². The molecule has 0 aromatic carbocycles. The highest BCUT2D eigenvalue weighted by atomic mass is 16.2. The molecule has 2 unspecified atom stereocenters. The van der Waals surface area contributed by atoms with Crippen molar-refractivity contribution in [2.75, 3.05) is 13.1 Å². The third-order valence-corrected chi connectivity index (χ3v) is 4.36. The highest BCUT2D eigenvalue weighted by Crippen LogP contribution is 2.25. The van der Waals surface area contributed by atoms with E-state index in [1.54, 1.807) is 4.90 Å². The quantitative estimate of drug-likeness (QED) is 0.610. The molecule has 3 atom stereocenters. The number of amides is 4. The number of nitrogens with two attached hydrogens (primary N) is 1. The van der Waals surface area contributed by atoms with Gasteiger partial charge < -0.3 is 16.0 Å². The van der Waals surface area contributed by atoms with Gasteiger partial charge in [-0.1, -0.05) is 20.3 Å². The van der Waals surface area contributed by atoms with Crippen molar-refractivity contribution < 1.29 is 14.4 Å². The zero-order chi connectivity index (χ0) is 14.9. The Bertz CT molecular complexity index is 439. The molecular weight excluding hydrogens is 260 g/mol. The second-order valence-electron chi connectivity index (χ2n) is 5.77. The summed E-state index contributed by atoms with van der Waals surface area (Å²) >= 11 is 0. The van der Waals surface area contributed by atoms with Crippen LogP contribution in [0.2, 0.25) is 0 Å². The average molecular weight is 282 g/mol. The Hall–Kier alpha value is -1.63. The average Bonchev–Trinajstić information content (AvgIpc) is 2.70. The topological polar surface area (TPSA) is 105 Å². The van der Waals surface area contributed by atoms with Crippen LogP contribution in [0.3, 0.4) is 0 Å². The molecule has 1 spiro atoms. The number of piperidine rings is 1. The Labute approximate surface area is 118 Å². The number of rotatable bonds is 3. The van der Waals surface area contributed by atoms with Crippen LogP contribution in [0.1, 0.15) is 33.1 Å². The van der Waals surface area contributed by atoms with E-state index in [0.717, 1.165) is 6.42 Å². The Morgan fingerprint density at radius 1 is 1.50 bits per heavy atom. The number of carbonyl (C=O) groups excluding carboxylic acids is 3. The maximum atomic E-state index is 12.4. The standard InChI is InChI=1S/C13H22N4O3/c1-3-8(2)9(14)10(18)17-6-4-5-13(7-17)11(19)15-12(20)16-13/h8-9H,3-7,14H2,1-2H3,(H2,15,16,19,20)/t8?,9-,13?/m0/s1. The van der Waals surface area contributed by atoms with Crippen LogP contribution in [-0.2, 0) is 9.59 Å². The van der Waals surface area contributed by atoms with Crippen molar-refractivity contribution in [3.8, 4) is 0 Å². The molecule has 2 aliphatic rings. The number of hydrogen-bond donors (Lipinski definition) is 3. The van der Waals surface area contributed by atoms with Gasteiger partial charge in [0.2, 0.25) is 5.91 Å². The summed E-state index contributed by atoms with van der Waals surface area (Å²) in [5.74, 6) is -0.406. The Balaban J connectivity index is 2.09. The molecule has 7 nitrogen and oxygen atoms in total. The number of carbonyl (C=O) groups is 3. The van der Waals surface area contributed by atoms with Crippen molar-refractivity contribution in [2.24, 2.45) is 11.7 Å². The van der Waals surface area contributed by atoms with Gasteiger partial charge in [-0.25, -0.2) is 4.79 Å². The van der Waals surface area contributed by atoms with Crippen LogP contribution in [0, 0.1) is 5.92 Å². The van der Waals surface area contributed by atoms with Gasteiger partial charge in [0.25, 0.3) is 5.91 Å². The monoisotopic (exact) mass is 282 g/mol. The SMILES string of the molecule is CCC(C)[C@H](N)C(=O)N1CCCC2(C1)NC(=O)NC2=O. The smallest absolute Gasteiger partial charge is 0.322 e. The first-order chi connectivity index (χ1) is 9.39. The first-order valence-corrected chi connectivity index (χ1v) is 7.07. The number of nitrogens with zero attached hydrogens (tertiary/aromatic N) is 1. The van der Waals surface area contributed by atoms with Crippen molar-refractivity contribution >= 4 is 17.8 Å². The van der Waals surface area contributed by atoms with Crippen LogP contribution in [-0.4, -0.2) is 47.4 Å². The fourth-order valence-corrected chi connectivity index (χ4v) is 2.77. The van der Waals surface area contributed by atoms with Gasteiger partial charge >= 0.3 is 6.03 Å². The lowest BCUT2D eigenvalue weighted by Crippen LogP contribution is -2.61. The van der Waals surface area contributed by atoms with Crippen LogP contribution in [0.25, 0.3) is 0 Å². The van der Waals surface area contributed by atoms with E-state index in [0.29, 0.717) is 19.4 Å². The predicted octanol–water partition coefficient (Wildman–Crippen LogP) is -0.440. The van der Waals surface area contributed by atoms with Gasteiger partial charge in [0.1, 0.15) is 5.54 Å². The summed E-state index contributed by atoms with van der Waals surface area (Å²) in [4.78, 5) is 37.2. The molecule has 20 heavy (non-hydrogen) atoms. The van der Waals surface area contributed by atoms with E-state index in [9.17, 15) is 14.4 Å². The second-order valence-corrected chi connectivity index (χ2v) is 5.77. The number of hydrogen-bond acceptors (Lipinski definition) is 4. The van der Waals surface area contributed by atoms with E-state index >= 15 is 0 Å². The van der Waals surface area contributed by atoms with E-state index in [-0.39, 0.29) is 24.3 Å². The van der Waals surface area contributed by atoms with Crippen molar-refractivity contribution in [1.29, 1.82) is 0 Å². The van der Waals surface area contributed by atoms with Crippen molar-refractivity contribution in [3.05, 3.63) is 0 Å². The first-order valence-electron chi connectivity index (χ1n) is 7.07. The zero-order valence-electron chi connectivity index (χ0n) is 11.9. The molecule has 0 saturated carbocycles. The number of urea groups is 1. The predicted molar refractivity (Wildman–Crippen MR) is 72.6 cm³/mol. The summed E-state index contributed by atoms with van der Waals surface area (Å²) < 4.78 is 0. The van der Waals surface area contributed by atoms with Crippen molar-refractivity contribution in [3.63, 3.8) is 0 Å². The van der Waals surface area contributed by atoms with Gasteiger partial charge in [-0.2, -0.15) is 0 Å². The molecule has 4 N–H and O–H groups in total. The molecule has 7 heteroatoms. The lowest BCUT2D eigenvalue weighted by Gasteiger charge is -2.39. The summed E-state index contributed by atoms with van der Waals surface area (Å²) in [6.45, 7) is 4.70. The minimum atomic E-state index is -0.972. The molecule has 2 heterocycles. The van der Waals surface area contributed by atoms with Crippen molar-refractivity contribution in [1.82, 2.24) is 15.5 Å². The molecule has 4 amide bonds. The largest absolute Gasteiger partial charge is 0.338 e. The second kappa shape index (κ2) is 5.40. The molecule has 2 fully saturated rings. The van der Waals surface area contributed by atoms with E-state index in [4.69, 9.17) is 5.73 Å². The summed E-state index contributed by atoms with van der Waals surface area (Å²) in [5.41, 5.74) is 5.00. The zero-order valence-corrected chi connectivity index (χ0v) is 11.9. The van der Waals surface area contributed by atoms with E-state index in [2.05, 4.69) is 10.6 Å². The van der Waals surface area contributed by atoms with Crippen LogP contribution < -0.4 is 16.4 Å². The maximum absolute atomic E-state index is 12.4. The first kappa shape index (κ1) is 14.8. The highest BCUT2D eigenvalue weighted by Gasteiger charge is 2.49. The van der Waals surface area contributed by atoms with E-state index < -0.39 is 17.6 Å². The summed E-state index contributed by atoms with van der Waals surface area (Å²) in [7, 11) is 0. The van der Waals surface area contributed by atoms with E-state index in [1.807, 2.05) is 13.8 Å². The molecule has 0 bridgehead atoms. The number of nitrogens with one attached hydrogen (secondary N) is 2. The van der Waals surface area contributed by atoms with Crippen LogP contribution in [0.5, 0.6) is 0 Å². The van der Waals surface area contributed by atoms with Gasteiger partial charge in [-0.05, 0) is 18.8 Å². The van der Waals surface area contributed by atoms with Crippen molar-refractivity contribution in [2.45, 2.75) is 44.7 Å². The van der Waals surface area contributed by atoms with Crippen LogP contribution >= 0.6 is 0 Å². The third-order valence-electron chi connectivity index (χ3n) is 4.36. The Morgan fingerprint density at radius 3 is 2.75 bits per heavy atom.